The highest BCUT2D eigenvalue weighted by molar-refractivity contribution is 6.31. The molecule has 0 aliphatic carbocycles. The molecular weight excluding hydrogens is 244 g/mol. The topological polar surface area (TPSA) is 95.4 Å². The Morgan fingerprint density at radius 1 is 1.47 bits per heavy atom. The van der Waals surface area contributed by atoms with Gasteiger partial charge in [-0.15, -0.1) is 0 Å². The van der Waals surface area contributed by atoms with Gasteiger partial charge in [0.15, 0.2) is 0 Å². The van der Waals surface area contributed by atoms with E-state index < -0.39 is 17.8 Å². The smallest absolute Gasteiger partial charge is 0.340 e. The second kappa shape index (κ2) is 5.54. The van der Waals surface area contributed by atoms with Crippen LogP contribution in [0.2, 0.25) is 5.02 Å². The Morgan fingerprint density at radius 3 is 2.65 bits per heavy atom. The van der Waals surface area contributed by atoms with Crippen LogP contribution in [0.5, 0.6) is 0 Å². The highest BCUT2D eigenvalue weighted by Gasteiger charge is 2.15. The van der Waals surface area contributed by atoms with Crippen molar-refractivity contribution in [3.05, 3.63) is 28.8 Å². The van der Waals surface area contributed by atoms with Crippen molar-refractivity contribution in [2.45, 2.75) is 6.92 Å². The van der Waals surface area contributed by atoms with Crippen molar-refractivity contribution in [2.75, 3.05) is 12.3 Å². The van der Waals surface area contributed by atoms with E-state index in [1.807, 2.05) is 0 Å². The highest BCUT2D eigenvalue weighted by Crippen LogP contribution is 2.18. The normalized spacial score (nSPS) is 11.9. The van der Waals surface area contributed by atoms with Gasteiger partial charge < -0.3 is 16.2 Å². The van der Waals surface area contributed by atoms with Gasteiger partial charge in [-0.2, -0.15) is 0 Å². The summed E-state index contributed by atoms with van der Waals surface area (Å²) < 4.78 is 4.91. The number of carbonyl (C=O) groups is 2. The van der Waals surface area contributed by atoms with Crippen LogP contribution >= 0.6 is 11.6 Å². The predicted molar refractivity (Wildman–Crippen MR) is 64.5 cm³/mol. The molecule has 1 unspecified atom stereocenters. The molecule has 0 aliphatic heterocycles. The zero-order chi connectivity index (χ0) is 13.0. The summed E-state index contributed by atoms with van der Waals surface area (Å²) in [4.78, 5) is 22.4. The molecule has 1 amide bonds. The molecule has 0 bridgehead atoms. The average molecular weight is 257 g/mol. The largest absolute Gasteiger partial charge is 0.461 e. The molecule has 6 heteroatoms. The molecule has 1 atom stereocenters. The van der Waals surface area contributed by atoms with E-state index in [1.165, 1.54) is 18.2 Å². The molecule has 1 rings (SSSR count). The van der Waals surface area contributed by atoms with E-state index in [9.17, 15) is 9.59 Å². The van der Waals surface area contributed by atoms with Gasteiger partial charge in [0.1, 0.15) is 6.61 Å². The zero-order valence-corrected chi connectivity index (χ0v) is 10.0. The maximum absolute atomic E-state index is 11.6. The number of amides is 1. The van der Waals surface area contributed by atoms with Gasteiger partial charge >= 0.3 is 5.97 Å². The van der Waals surface area contributed by atoms with E-state index in [0.717, 1.165) is 0 Å². The number of hydrogen-bond donors (Lipinski definition) is 2. The van der Waals surface area contributed by atoms with Gasteiger partial charge in [-0.3, -0.25) is 4.79 Å². The van der Waals surface area contributed by atoms with E-state index >= 15 is 0 Å². The monoisotopic (exact) mass is 256 g/mol. The lowest BCUT2D eigenvalue weighted by Crippen LogP contribution is -2.26. The number of benzene rings is 1. The highest BCUT2D eigenvalue weighted by atomic mass is 35.5. The van der Waals surface area contributed by atoms with Crippen molar-refractivity contribution in [2.24, 2.45) is 11.7 Å². The maximum atomic E-state index is 11.6. The van der Waals surface area contributed by atoms with E-state index in [1.54, 1.807) is 6.92 Å². The van der Waals surface area contributed by atoms with E-state index in [4.69, 9.17) is 27.8 Å². The quantitative estimate of drug-likeness (QED) is 0.625. The Balaban J connectivity index is 2.67. The molecule has 0 aromatic heterocycles. The van der Waals surface area contributed by atoms with Crippen LogP contribution in [0.1, 0.15) is 17.3 Å². The molecule has 0 aliphatic rings. The van der Waals surface area contributed by atoms with Crippen LogP contribution in [0.25, 0.3) is 0 Å². The predicted octanol–water partition coefficient (Wildman–Crippen LogP) is 1.20. The molecule has 0 spiro atoms. The van der Waals surface area contributed by atoms with Crippen LogP contribution in [0, 0.1) is 5.92 Å². The van der Waals surface area contributed by atoms with Gasteiger partial charge in [-0.1, -0.05) is 18.5 Å². The maximum Gasteiger partial charge on any atom is 0.340 e. The number of nitrogens with two attached hydrogens (primary N) is 2. The molecule has 4 N–H and O–H groups in total. The summed E-state index contributed by atoms with van der Waals surface area (Å²) in [5, 5.41) is 0.435. The van der Waals surface area contributed by atoms with Crippen molar-refractivity contribution >= 4 is 29.2 Å². The minimum Gasteiger partial charge on any atom is -0.461 e. The second-order valence-corrected chi connectivity index (χ2v) is 4.07. The molecule has 0 heterocycles. The summed E-state index contributed by atoms with van der Waals surface area (Å²) in [6.45, 7) is 1.50. The average Bonchev–Trinajstić information content (AvgIpc) is 2.25. The number of nitrogen functional groups attached to an aromatic ring is 1. The summed E-state index contributed by atoms with van der Waals surface area (Å²) in [7, 11) is 0. The fourth-order valence-electron chi connectivity index (χ4n) is 1.08. The Morgan fingerprint density at radius 2 is 2.12 bits per heavy atom. The Bertz CT molecular complexity index is 448. The molecule has 0 radical (unpaired) electrons. The fraction of sp³-hybridized carbons (Fsp3) is 0.273. The number of halogens is 1. The van der Waals surface area contributed by atoms with Gasteiger partial charge in [0.25, 0.3) is 0 Å². The van der Waals surface area contributed by atoms with Gasteiger partial charge in [0.05, 0.1) is 11.5 Å². The molecule has 5 nitrogen and oxygen atoms in total. The Kier molecular flexibility index (Phi) is 4.34. The van der Waals surface area contributed by atoms with Gasteiger partial charge in [-0.25, -0.2) is 4.79 Å². The summed E-state index contributed by atoms with van der Waals surface area (Å²) in [6.07, 6.45) is 0. The van der Waals surface area contributed by atoms with Crippen molar-refractivity contribution in [3.8, 4) is 0 Å². The van der Waals surface area contributed by atoms with Crippen LogP contribution in [0.3, 0.4) is 0 Å². The first-order chi connectivity index (χ1) is 7.91. The first-order valence-electron chi connectivity index (χ1n) is 4.93. The second-order valence-electron chi connectivity index (χ2n) is 3.63. The van der Waals surface area contributed by atoms with E-state index in [2.05, 4.69) is 0 Å². The lowest BCUT2D eigenvalue weighted by molar-refractivity contribution is -0.122. The van der Waals surface area contributed by atoms with Crippen LogP contribution in [0.4, 0.5) is 5.69 Å². The Labute approximate surface area is 104 Å². The standard InChI is InChI=1S/C11H13ClN2O3/c1-6(10(14)15)5-17-11(16)8-3-2-7(12)4-9(8)13/h2-4,6H,5,13H2,1H3,(H2,14,15). The van der Waals surface area contributed by atoms with Crippen molar-refractivity contribution in [1.82, 2.24) is 0 Å². The number of carbonyl (C=O) groups excluding carboxylic acids is 2. The van der Waals surface area contributed by atoms with Gasteiger partial charge in [-0.05, 0) is 18.2 Å². The fourth-order valence-corrected chi connectivity index (χ4v) is 1.26. The van der Waals surface area contributed by atoms with Crippen molar-refractivity contribution in [3.63, 3.8) is 0 Å². The van der Waals surface area contributed by atoms with Crippen molar-refractivity contribution in [1.29, 1.82) is 0 Å². The molecule has 0 saturated heterocycles. The zero-order valence-electron chi connectivity index (χ0n) is 9.27. The van der Waals surface area contributed by atoms with E-state index in [-0.39, 0.29) is 17.9 Å². The molecule has 1 aromatic carbocycles. The number of ether oxygens (including phenoxy) is 1. The number of anilines is 1. The molecule has 0 saturated carbocycles. The third-order valence-corrected chi connectivity index (χ3v) is 2.42. The van der Waals surface area contributed by atoms with Gasteiger partial charge in [0, 0.05) is 10.7 Å². The molecule has 1 aromatic rings. The Hall–Kier alpha value is -1.75. The van der Waals surface area contributed by atoms with Crippen LogP contribution < -0.4 is 11.5 Å². The van der Waals surface area contributed by atoms with Gasteiger partial charge in [0.2, 0.25) is 5.91 Å². The number of rotatable bonds is 4. The molecule has 0 fully saturated rings. The van der Waals surface area contributed by atoms with E-state index in [0.29, 0.717) is 5.02 Å². The lowest BCUT2D eigenvalue weighted by atomic mass is 10.1. The molecule has 92 valence electrons. The summed E-state index contributed by atoms with van der Waals surface area (Å²) in [5.41, 5.74) is 11.1. The summed E-state index contributed by atoms with van der Waals surface area (Å²) in [6, 6.07) is 4.45. The van der Waals surface area contributed by atoms with Crippen molar-refractivity contribution < 1.29 is 14.3 Å². The summed E-state index contributed by atoms with van der Waals surface area (Å²) >= 11 is 5.70. The lowest BCUT2D eigenvalue weighted by Gasteiger charge is -2.10. The minimum atomic E-state index is -0.604. The summed E-state index contributed by atoms with van der Waals surface area (Å²) in [5.74, 6) is -1.67. The van der Waals surface area contributed by atoms with Crippen LogP contribution in [-0.2, 0) is 9.53 Å². The number of esters is 1. The minimum absolute atomic E-state index is 0.0732. The number of primary amides is 1. The third-order valence-electron chi connectivity index (χ3n) is 2.18. The first kappa shape index (κ1) is 13.3. The van der Waals surface area contributed by atoms with Crippen LogP contribution in [0.15, 0.2) is 18.2 Å². The number of hydrogen-bond acceptors (Lipinski definition) is 4. The SMILES string of the molecule is CC(COC(=O)c1ccc(Cl)cc1N)C(N)=O. The molecular formula is C11H13ClN2O3. The molecule has 17 heavy (non-hydrogen) atoms. The first-order valence-corrected chi connectivity index (χ1v) is 5.31. The van der Waals surface area contributed by atoms with Crippen LogP contribution in [-0.4, -0.2) is 18.5 Å². The third kappa shape index (κ3) is 3.64.